The first kappa shape index (κ1) is 14.0. The van der Waals surface area contributed by atoms with Gasteiger partial charge in [0.2, 0.25) is 5.91 Å². The quantitative estimate of drug-likeness (QED) is 0.823. The van der Waals surface area contributed by atoms with Gasteiger partial charge in [0.25, 0.3) is 0 Å². The minimum Gasteiger partial charge on any atom is -0.355 e. The lowest BCUT2D eigenvalue weighted by Gasteiger charge is -2.33. The number of carbonyl (C=O) groups is 1. The van der Waals surface area contributed by atoms with Crippen molar-refractivity contribution in [2.24, 2.45) is 0 Å². The number of aromatic nitrogens is 1. The SMILES string of the molecule is CNCC1C(=O)NCCC(C)N1Cc1ccncc1. The van der Waals surface area contributed by atoms with Crippen LogP contribution in [0.15, 0.2) is 24.5 Å². The third kappa shape index (κ3) is 3.52. The molecule has 2 atom stereocenters. The summed E-state index contributed by atoms with van der Waals surface area (Å²) in [6.45, 7) is 4.39. The molecule has 0 aliphatic carbocycles. The molecule has 1 aliphatic heterocycles. The van der Waals surface area contributed by atoms with Crippen LogP contribution in [-0.4, -0.2) is 48.0 Å². The highest BCUT2D eigenvalue weighted by atomic mass is 16.2. The molecule has 1 fully saturated rings. The molecule has 0 aromatic carbocycles. The fourth-order valence-electron chi connectivity index (χ4n) is 2.51. The maximum Gasteiger partial charge on any atom is 0.238 e. The molecule has 5 nitrogen and oxygen atoms in total. The van der Waals surface area contributed by atoms with Crippen molar-refractivity contribution in [2.75, 3.05) is 20.1 Å². The van der Waals surface area contributed by atoms with Gasteiger partial charge in [-0.1, -0.05) is 0 Å². The summed E-state index contributed by atoms with van der Waals surface area (Å²) in [6, 6.07) is 4.28. The molecule has 5 heteroatoms. The van der Waals surface area contributed by atoms with Gasteiger partial charge in [0, 0.05) is 38.1 Å². The van der Waals surface area contributed by atoms with E-state index < -0.39 is 0 Å². The summed E-state index contributed by atoms with van der Waals surface area (Å²) in [6.07, 6.45) is 4.58. The molecule has 2 heterocycles. The molecule has 0 bridgehead atoms. The number of pyridine rings is 1. The van der Waals surface area contributed by atoms with Crippen molar-refractivity contribution >= 4 is 5.91 Å². The van der Waals surface area contributed by atoms with Crippen molar-refractivity contribution in [1.29, 1.82) is 0 Å². The Hall–Kier alpha value is -1.46. The van der Waals surface area contributed by atoms with Crippen LogP contribution in [0.5, 0.6) is 0 Å². The Morgan fingerprint density at radius 2 is 2.21 bits per heavy atom. The lowest BCUT2D eigenvalue weighted by molar-refractivity contribution is -0.126. The third-order valence-corrected chi connectivity index (χ3v) is 3.64. The van der Waals surface area contributed by atoms with Gasteiger partial charge < -0.3 is 10.6 Å². The molecule has 1 aromatic rings. The van der Waals surface area contributed by atoms with Gasteiger partial charge in [-0.3, -0.25) is 14.7 Å². The van der Waals surface area contributed by atoms with E-state index in [1.54, 1.807) is 12.4 Å². The van der Waals surface area contributed by atoms with E-state index in [9.17, 15) is 4.79 Å². The molecule has 0 saturated carbocycles. The van der Waals surface area contributed by atoms with Crippen LogP contribution in [0.4, 0.5) is 0 Å². The number of rotatable bonds is 4. The lowest BCUT2D eigenvalue weighted by Crippen LogP contribution is -2.51. The maximum atomic E-state index is 12.1. The molecular weight excluding hydrogens is 240 g/mol. The molecule has 0 spiro atoms. The fourth-order valence-corrected chi connectivity index (χ4v) is 2.51. The largest absolute Gasteiger partial charge is 0.355 e. The second-order valence-corrected chi connectivity index (χ2v) is 5.03. The Bertz CT molecular complexity index is 409. The van der Waals surface area contributed by atoms with Crippen molar-refractivity contribution in [3.05, 3.63) is 30.1 Å². The normalized spacial score (nSPS) is 24.8. The van der Waals surface area contributed by atoms with Crippen molar-refractivity contribution in [2.45, 2.75) is 32.0 Å². The Kier molecular flexibility index (Phi) is 4.87. The average Bonchev–Trinajstić information content (AvgIpc) is 2.54. The van der Waals surface area contributed by atoms with E-state index in [0.717, 1.165) is 19.5 Å². The first-order valence-corrected chi connectivity index (χ1v) is 6.79. The topological polar surface area (TPSA) is 57.3 Å². The second-order valence-electron chi connectivity index (χ2n) is 5.03. The van der Waals surface area contributed by atoms with E-state index in [4.69, 9.17) is 0 Å². The van der Waals surface area contributed by atoms with Gasteiger partial charge in [-0.2, -0.15) is 0 Å². The van der Waals surface area contributed by atoms with Crippen LogP contribution < -0.4 is 10.6 Å². The molecule has 1 aliphatic rings. The van der Waals surface area contributed by atoms with Crippen molar-refractivity contribution in [3.63, 3.8) is 0 Å². The number of carbonyl (C=O) groups excluding carboxylic acids is 1. The Morgan fingerprint density at radius 3 is 2.89 bits per heavy atom. The Labute approximate surface area is 114 Å². The van der Waals surface area contributed by atoms with Crippen LogP contribution in [0.2, 0.25) is 0 Å². The summed E-state index contributed by atoms with van der Waals surface area (Å²) < 4.78 is 0. The molecule has 104 valence electrons. The molecule has 2 N–H and O–H groups in total. The molecule has 1 amide bonds. The predicted molar refractivity (Wildman–Crippen MR) is 74.6 cm³/mol. The number of hydrogen-bond acceptors (Lipinski definition) is 4. The van der Waals surface area contributed by atoms with E-state index in [0.29, 0.717) is 12.6 Å². The summed E-state index contributed by atoms with van der Waals surface area (Å²) in [5, 5.41) is 6.11. The van der Waals surface area contributed by atoms with E-state index in [-0.39, 0.29) is 11.9 Å². The van der Waals surface area contributed by atoms with E-state index in [1.165, 1.54) is 5.56 Å². The van der Waals surface area contributed by atoms with Gasteiger partial charge in [-0.25, -0.2) is 0 Å². The van der Waals surface area contributed by atoms with Crippen molar-refractivity contribution < 1.29 is 4.79 Å². The Morgan fingerprint density at radius 1 is 1.47 bits per heavy atom. The summed E-state index contributed by atoms with van der Waals surface area (Å²) in [7, 11) is 1.88. The highest BCUT2D eigenvalue weighted by Gasteiger charge is 2.31. The van der Waals surface area contributed by atoms with Gasteiger partial charge >= 0.3 is 0 Å². The molecule has 1 aromatic heterocycles. The van der Waals surface area contributed by atoms with Crippen LogP contribution in [0.25, 0.3) is 0 Å². The van der Waals surface area contributed by atoms with Crippen molar-refractivity contribution in [3.8, 4) is 0 Å². The molecular formula is C14H22N4O. The van der Waals surface area contributed by atoms with Gasteiger partial charge in [0.15, 0.2) is 0 Å². The number of nitrogens with one attached hydrogen (secondary N) is 2. The molecule has 19 heavy (non-hydrogen) atoms. The van der Waals surface area contributed by atoms with Gasteiger partial charge in [0.05, 0.1) is 0 Å². The zero-order valence-corrected chi connectivity index (χ0v) is 11.6. The Balaban J connectivity index is 2.17. The van der Waals surface area contributed by atoms with E-state index in [1.807, 2.05) is 19.2 Å². The highest BCUT2D eigenvalue weighted by molar-refractivity contribution is 5.82. The standard InChI is InChI=1S/C14H22N4O/c1-11-3-8-17-14(19)13(9-15-2)18(11)10-12-4-6-16-7-5-12/h4-7,11,13,15H,3,8-10H2,1-2H3,(H,17,19). The number of likely N-dealkylation sites (N-methyl/N-ethyl adjacent to an activating group) is 1. The minimum absolute atomic E-state index is 0.115. The monoisotopic (exact) mass is 262 g/mol. The smallest absolute Gasteiger partial charge is 0.238 e. The van der Waals surface area contributed by atoms with Gasteiger partial charge in [-0.05, 0) is 38.1 Å². The molecule has 2 unspecified atom stereocenters. The zero-order chi connectivity index (χ0) is 13.7. The summed E-state index contributed by atoms with van der Waals surface area (Å²) in [4.78, 5) is 18.5. The highest BCUT2D eigenvalue weighted by Crippen LogP contribution is 2.16. The average molecular weight is 262 g/mol. The van der Waals surface area contributed by atoms with Crippen LogP contribution in [-0.2, 0) is 11.3 Å². The van der Waals surface area contributed by atoms with Crippen LogP contribution in [0, 0.1) is 0 Å². The van der Waals surface area contributed by atoms with Crippen LogP contribution in [0.3, 0.4) is 0 Å². The zero-order valence-electron chi connectivity index (χ0n) is 11.6. The first-order valence-electron chi connectivity index (χ1n) is 6.79. The van der Waals surface area contributed by atoms with Crippen LogP contribution >= 0.6 is 0 Å². The lowest BCUT2D eigenvalue weighted by atomic mass is 10.1. The van der Waals surface area contributed by atoms with E-state index in [2.05, 4.69) is 27.4 Å². The number of nitrogens with zero attached hydrogens (tertiary/aromatic N) is 2. The fraction of sp³-hybridized carbons (Fsp3) is 0.571. The first-order chi connectivity index (χ1) is 9.22. The molecule has 1 saturated heterocycles. The second kappa shape index (κ2) is 6.63. The minimum atomic E-state index is -0.115. The predicted octanol–water partition coefficient (Wildman–Crippen LogP) is 0.380. The summed E-state index contributed by atoms with van der Waals surface area (Å²) in [5.74, 6) is 0.118. The van der Waals surface area contributed by atoms with Crippen LogP contribution in [0.1, 0.15) is 18.9 Å². The summed E-state index contributed by atoms with van der Waals surface area (Å²) in [5.41, 5.74) is 1.19. The van der Waals surface area contributed by atoms with Crippen molar-refractivity contribution in [1.82, 2.24) is 20.5 Å². The van der Waals surface area contributed by atoms with E-state index >= 15 is 0 Å². The maximum absolute atomic E-state index is 12.1. The molecule has 2 rings (SSSR count). The summed E-state index contributed by atoms with van der Waals surface area (Å²) >= 11 is 0. The third-order valence-electron chi connectivity index (χ3n) is 3.64. The van der Waals surface area contributed by atoms with Gasteiger partial charge in [-0.15, -0.1) is 0 Å². The number of hydrogen-bond donors (Lipinski definition) is 2. The number of amides is 1. The van der Waals surface area contributed by atoms with Gasteiger partial charge in [0.1, 0.15) is 6.04 Å². The molecule has 0 radical (unpaired) electrons.